The van der Waals surface area contributed by atoms with Crippen molar-refractivity contribution >= 4 is 34.8 Å². The van der Waals surface area contributed by atoms with Crippen molar-refractivity contribution in [2.45, 2.75) is 32.6 Å². The molecule has 1 aliphatic carbocycles. The van der Waals surface area contributed by atoms with E-state index in [9.17, 15) is 9.59 Å². The van der Waals surface area contributed by atoms with Crippen LogP contribution in [0.5, 0.6) is 0 Å². The second kappa shape index (κ2) is 10.3. The van der Waals surface area contributed by atoms with E-state index in [0.29, 0.717) is 37.2 Å². The third-order valence-corrected chi connectivity index (χ3v) is 6.25. The van der Waals surface area contributed by atoms with Crippen LogP contribution in [0.3, 0.4) is 0 Å². The van der Waals surface area contributed by atoms with Gasteiger partial charge in [-0.25, -0.2) is 4.98 Å². The number of benzene rings is 1. The number of nitrogens with one attached hydrogen (secondary N) is 2. The minimum Gasteiger partial charge on any atom is -0.469 e. The SMILES string of the molecule is COC(=O)[C@H]1CC[C@H](C(=O)Nc2ccc(Nc3cc(-c4ccccn4)ccc3N)c(C)n2)CC1. The molecule has 3 aromatic rings. The first-order valence-corrected chi connectivity index (χ1v) is 11.4. The summed E-state index contributed by atoms with van der Waals surface area (Å²) in [6, 6.07) is 15.1. The minimum atomic E-state index is -0.189. The van der Waals surface area contributed by atoms with E-state index < -0.39 is 0 Å². The van der Waals surface area contributed by atoms with Crippen molar-refractivity contribution in [3.8, 4) is 11.3 Å². The van der Waals surface area contributed by atoms with Gasteiger partial charge in [-0.2, -0.15) is 0 Å². The number of anilines is 4. The fraction of sp³-hybridized carbons (Fsp3) is 0.308. The van der Waals surface area contributed by atoms with Crippen molar-refractivity contribution in [2.75, 3.05) is 23.5 Å². The molecule has 8 heteroatoms. The molecular weight excluding hydrogens is 430 g/mol. The third kappa shape index (κ3) is 5.33. The molecule has 0 radical (unpaired) electrons. The maximum absolute atomic E-state index is 12.7. The molecule has 1 aliphatic rings. The highest BCUT2D eigenvalue weighted by Crippen LogP contribution is 2.32. The summed E-state index contributed by atoms with van der Waals surface area (Å²) >= 11 is 0. The molecule has 0 aliphatic heterocycles. The van der Waals surface area contributed by atoms with Crippen LogP contribution in [0.4, 0.5) is 22.9 Å². The van der Waals surface area contributed by atoms with Crippen molar-refractivity contribution in [2.24, 2.45) is 11.8 Å². The fourth-order valence-electron chi connectivity index (χ4n) is 4.25. The Morgan fingerprint density at radius 1 is 1.00 bits per heavy atom. The number of hydrogen-bond acceptors (Lipinski definition) is 7. The highest BCUT2D eigenvalue weighted by atomic mass is 16.5. The first kappa shape index (κ1) is 23.2. The molecule has 1 amide bonds. The van der Waals surface area contributed by atoms with Crippen LogP contribution in [0.15, 0.2) is 54.7 Å². The van der Waals surface area contributed by atoms with E-state index in [1.165, 1.54) is 7.11 Å². The number of esters is 1. The summed E-state index contributed by atoms with van der Waals surface area (Å²) in [5.41, 5.74) is 10.9. The second-order valence-corrected chi connectivity index (χ2v) is 8.53. The molecule has 0 unspecified atom stereocenters. The molecule has 0 spiro atoms. The summed E-state index contributed by atoms with van der Waals surface area (Å²) in [7, 11) is 1.40. The van der Waals surface area contributed by atoms with Crippen molar-refractivity contribution in [1.82, 2.24) is 9.97 Å². The lowest BCUT2D eigenvalue weighted by molar-refractivity contribution is -0.147. The summed E-state index contributed by atoms with van der Waals surface area (Å²) in [4.78, 5) is 33.4. The molecule has 0 saturated heterocycles. The van der Waals surface area contributed by atoms with E-state index in [1.807, 2.05) is 49.4 Å². The van der Waals surface area contributed by atoms with Gasteiger partial charge < -0.3 is 21.1 Å². The van der Waals surface area contributed by atoms with E-state index >= 15 is 0 Å². The Morgan fingerprint density at radius 3 is 2.44 bits per heavy atom. The van der Waals surface area contributed by atoms with E-state index in [0.717, 1.165) is 28.3 Å². The Kier molecular flexibility index (Phi) is 7.06. The van der Waals surface area contributed by atoms with E-state index in [2.05, 4.69) is 20.6 Å². The Hall–Kier alpha value is -3.94. The number of amides is 1. The number of carbonyl (C=O) groups is 2. The molecular formula is C26H29N5O3. The van der Waals surface area contributed by atoms with Gasteiger partial charge in [0, 0.05) is 17.7 Å². The molecule has 8 nitrogen and oxygen atoms in total. The van der Waals surface area contributed by atoms with Gasteiger partial charge in [0.15, 0.2) is 0 Å². The highest BCUT2D eigenvalue weighted by Gasteiger charge is 2.30. The van der Waals surface area contributed by atoms with Crippen LogP contribution in [0.2, 0.25) is 0 Å². The lowest BCUT2D eigenvalue weighted by atomic mass is 9.81. The summed E-state index contributed by atoms with van der Waals surface area (Å²) in [6.45, 7) is 1.87. The quantitative estimate of drug-likeness (QED) is 0.361. The fourth-order valence-corrected chi connectivity index (χ4v) is 4.25. The number of nitrogens with two attached hydrogens (primary N) is 1. The summed E-state index contributed by atoms with van der Waals surface area (Å²) in [5, 5.41) is 6.26. The molecule has 1 saturated carbocycles. The first-order chi connectivity index (χ1) is 16.4. The van der Waals surface area contributed by atoms with Crippen molar-refractivity contribution < 1.29 is 14.3 Å². The maximum atomic E-state index is 12.7. The molecule has 176 valence electrons. The number of carbonyl (C=O) groups excluding carboxylic acids is 2. The zero-order chi connectivity index (χ0) is 24.1. The number of methoxy groups -OCH3 is 1. The predicted molar refractivity (Wildman–Crippen MR) is 132 cm³/mol. The lowest BCUT2D eigenvalue weighted by Gasteiger charge is -2.26. The van der Waals surface area contributed by atoms with Gasteiger partial charge in [0.2, 0.25) is 5.91 Å². The minimum absolute atomic E-state index is 0.0665. The summed E-state index contributed by atoms with van der Waals surface area (Å²) in [5.74, 6) is 0.00496. The molecule has 4 rings (SSSR count). The number of nitrogens with zero attached hydrogens (tertiary/aromatic N) is 2. The Labute approximate surface area is 199 Å². The van der Waals surface area contributed by atoms with Crippen LogP contribution in [-0.4, -0.2) is 29.0 Å². The third-order valence-electron chi connectivity index (χ3n) is 6.25. The molecule has 0 bridgehead atoms. The standard InChI is InChI=1S/C26H29N5O3/c1-16-21(30-23-15-19(10-11-20(23)27)22-5-3-4-14-28-22)12-13-24(29-16)31-25(32)17-6-8-18(9-7-17)26(33)34-2/h3-5,10-15,17-18,30H,6-9,27H2,1-2H3,(H,29,31,32)/t17-,18-. The van der Waals surface area contributed by atoms with Crippen molar-refractivity contribution in [3.05, 3.63) is 60.4 Å². The van der Waals surface area contributed by atoms with Crippen molar-refractivity contribution in [1.29, 1.82) is 0 Å². The predicted octanol–water partition coefficient (Wildman–Crippen LogP) is 4.70. The maximum Gasteiger partial charge on any atom is 0.308 e. The van der Waals surface area contributed by atoms with E-state index in [4.69, 9.17) is 10.5 Å². The molecule has 0 atom stereocenters. The summed E-state index contributed by atoms with van der Waals surface area (Å²) < 4.78 is 4.82. The zero-order valence-corrected chi connectivity index (χ0v) is 19.4. The van der Waals surface area contributed by atoms with Crippen LogP contribution in [0.25, 0.3) is 11.3 Å². The monoisotopic (exact) mass is 459 g/mol. The summed E-state index contributed by atoms with van der Waals surface area (Å²) in [6.07, 6.45) is 4.41. The average molecular weight is 460 g/mol. The Morgan fingerprint density at radius 2 is 1.76 bits per heavy atom. The zero-order valence-electron chi connectivity index (χ0n) is 19.4. The van der Waals surface area contributed by atoms with Crippen LogP contribution >= 0.6 is 0 Å². The Bertz CT molecular complexity index is 1170. The lowest BCUT2D eigenvalue weighted by Crippen LogP contribution is -2.30. The first-order valence-electron chi connectivity index (χ1n) is 11.4. The Balaban J connectivity index is 1.41. The smallest absolute Gasteiger partial charge is 0.308 e. The second-order valence-electron chi connectivity index (χ2n) is 8.53. The van der Waals surface area contributed by atoms with Gasteiger partial charge in [0.1, 0.15) is 5.82 Å². The van der Waals surface area contributed by atoms with Crippen LogP contribution in [0.1, 0.15) is 31.4 Å². The molecule has 2 heterocycles. The van der Waals surface area contributed by atoms with Gasteiger partial charge in [0.05, 0.1) is 41.5 Å². The number of pyridine rings is 2. The number of nitrogen functional groups attached to an aromatic ring is 1. The topological polar surface area (TPSA) is 119 Å². The number of rotatable bonds is 6. The van der Waals surface area contributed by atoms with Crippen LogP contribution in [-0.2, 0) is 14.3 Å². The van der Waals surface area contributed by atoms with E-state index in [-0.39, 0.29) is 23.7 Å². The molecule has 1 aromatic carbocycles. The normalized spacial score (nSPS) is 17.6. The molecule has 34 heavy (non-hydrogen) atoms. The van der Waals surface area contributed by atoms with Gasteiger partial charge in [-0.1, -0.05) is 12.1 Å². The largest absolute Gasteiger partial charge is 0.469 e. The van der Waals surface area contributed by atoms with Gasteiger partial charge in [-0.3, -0.25) is 14.6 Å². The number of aromatic nitrogens is 2. The molecule has 1 fully saturated rings. The van der Waals surface area contributed by atoms with Crippen molar-refractivity contribution in [3.63, 3.8) is 0 Å². The van der Waals surface area contributed by atoms with Gasteiger partial charge in [-0.15, -0.1) is 0 Å². The van der Waals surface area contributed by atoms with Crippen LogP contribution < -0.4 is 16.4 Å². The van der Waals surface area contributed by atoms with Gasteiger partial charge in [-0.05, 0) is 69.0 Å². The number of aryl methyl sites for hydroxylation is 1. The van der Waals surface area contributed by atoms with Gasteiger partial charge >= 0.3 is 5.97 Å². The highest BCUT2D eigenvalue weighted by molar-refractivity contribution is 5.92. The number of ether oxygens (including phenoxy) is 1. The van der Waals surface area contributed by atoms with Crippen LogP contribution in [0, 0.1) is 18.8 Å². The van der Waals surface area contributed by atoms with Gasteiger partial charge in [0.25, 0.3) is 0 Å². The molecule has 4 N–H and O–H groups in total. The average Bonchev–Trinajstić information content (AvgIpc) is 2.87. The van der Waals surface area contributed by atoms with E-state index in [1.54, 1.807) is 12.3 Å². The number of hydrogen-bond donors (Lipinski definition) is 3. The molecule has 2 aromatic heterocycles.